The van der Waals surface area contributed by atoms with E-state index in [9.17, 15) is 0 Å². The first-order valence-corrected chi connectivity index (χ1v) is 4.90. The summed E-state index contributed by atoms with van der Waals surface area (Å²) in [5.74, 6) is 0. The minimum Gasteiger partial charge on any atom is -0.136 e. The fourth-order valence-electron chi connectivity index (χ4n) is 1.09. The molecule has 0 aromatic heterocycles. The van der Waals surface area contributed by atoms with E-state index >= 15 is 0 Å². The largest absolute Gasteiger partial charge is 0.136 e. The summed E-state index contributed by atoms with van der Waals surface area (Å²) < 4.78 is 0.811. The Balaban J connectivity index is 2.29. The molecule has 0 unspecified atom stereocenters. The molecular formula is C10H12S2. The van der Waals surface area contributed by atoms with Crippen LogP contribution in [0.4, 0.5) is 0 Å². The monoisotopic (exact) mass is 196 g/mol. The fourth-order valence-corrected chi connectivity index (χ4v) is 1.39. The molecule has 2 heteroatoms. The van der Waals surface area contributed by atoms with Crippen LogP contribution in [0.1, 0.15) is 18.4 Å². The third kappa shape index (κ3) is 3.88. The van der Waals surface area contributed by atoms with Crippen molar-refractivity contribution in [2.45, 2.75) is 19.3 Å². The highest BCUT2D eigenvalue weighted by atomic mass is 32.1. The van der Waals surface area contributed by atoms with Gasteiger partial charge in [0, 0.05) is 4.20 Å². The van der Waals surface area contributed by atoms with Gasteiger partial charge in [0.05, 0.1) is 0 Å². The molecule has 0 aliphatic rings. The smallest absolute Gasteiger partial charge is 0.0448 e. The van der Waals surface area contributed by atoms with Gasteiger partial charge in [-0.1, -0.05) is 42.5 Å². The van der Waals surface area contributed by atoms with E-state index in [1.165, 1.54) is 5.56 Å². The fraction of sp³-hybridized carbons (Fsp3) is 0.300. The Morgan fingerprint density at radius 3 is 2.50 bits per heavy atom. The van der Waals surface area contributed by atoms with Gasteiger partial charge in [0.25, 0.3) is 0 Å². The number of rotatable bonds is 4. The molecule has 0 spiro atoms. The van der Waals surface area contributed by atoms with Crippen molar-refractivity contribution in [3.05, 3.63) is 35.9 Å². The standard InChI is InChI=1S/C10H12S2/c11-10(12)8-4-7-9-5-2-1-3-6-9/h1-3,5-6H,4,7-8H2,(H,11,12). The van der Waals surface area contributed by atoms with Crippen molar-refractivity contribution in [1.82, 2.24) is 0 Å². The van der Waals surface area contributed by atoms with E-state index in [-0.39, 0.29) is 0 Å². The van der Waals surface area contributed by atoms with E-state index in [1.54, 1.807) is 0 Å². The third-order valence-corrected chi connectivity index (χ3v) is 2.13. The quantitative estimate of drug-likeness (QED) is 0.569. The molecule has 0 heterocycles. The highest BCUT2D eigenvalue weighted by molar-refractivity contribution is 8.11. The van der Waals surface area contributed by atoms with Gasteiger partial charge < -0.3 is 0 Å². The SMILES string of the molecule is S=C(S)CCCc1ccccc1. The average molecular weight is 196 g/mol. The van der Waals surface area contributed by atoms with Crippen molar-refractivity contribution in [2.75, 3.05) is 0 Å². The van der Waals surface area contributed by atoms with Gasteiger partial charge in [-0.2, -0.15) is 0 Å². The predicted molar refractivity (Wildman–Crippen MR) is 61.0 cm³/mol. The molecule has 0 saturated carbocycles. The van der Waals surface area contributed by atoms with Gasteiger partial charge in [0.1, 0.15) is 0 Å². The second-order valence-corrected chi connectivity index (χ2v) is 4.07. The van der Waals surface area contributed by atoms with Crippen molar-refractivity contribution < 1.29 is 0 Å². The van der Waals surface area contributed by atoms with E-state index in [1.807, 2.05) is 6.07 Å². The van der Waals surface area contributed by atoms with Crippen LogP contribution in [-0.4, -0.2) is 4.20 Å². The molecule has 1 aromatic carbocycles. The Labute approximate surface area is 84.4 Å². The summed E-state index contributed by atoms with van der Waals surface area (Å²) in [5, 5.41) is 0. The maximum atomic E-state index is 4.88. The number of benzene rings is 1. The van der Waals surface area contributed by atoms with E-state index in [4.69, 9.17) is 12.2 Å². The topological polar surface area (TPSA) is 0 Å². The lowest BCUT2D eigenvalue weighted by atomic mass is 10.1. The molecule has 1 rings (SSSR count). The van der Waals surface area contributed by atoms with E-state index < -0.39 is 0 Å². The van der Waals surface area contributed by atoms with Crippen molar-refractivity contribution in [3.8, 4) is 0 Å². The molecular weight excluding hydrogens is 184 g/mol. The highest BCUT2D eigenvalue weighted by Crippen LogP contribution is 2.06. The molecule has 0 N–H and O–H groups in total. The molecule has 0 fully saturated rings. The maximum Gasteiger partial charge on any atom is 0.0448 e. The van der Waals surface area contributed by atoms with Crippen LogP contribution < -0.4 is 0 Å². The second-order valence-electron chi connectivity index (χ2n) is 2.73. The molecule has 1 aromatic rings. The highest BCUT2D eigenvalue weighted by Gasteiger charge is 1.92. The second kappa shape index (κ2) is 5.33. The molecule has 64 valence electrons. The lowest BCUT2D eigenvalue weighted by Crippen LogP contribution is -1.88. The van der Waals surface area contributed by atoms with Crippen molar-refractivity contribution in [2.24, 2.45) is 0 Å². The van der Waals surface area contributed by atoms with Crippen LogP contribution in [0.2, 0.25) is 0 Å². The zero-order valence-electron chi connectivity index (χ0n) is 6.86. The molecule has 0 atom stereocenters. The van der Waals surface area contributed by atoms with E-state index in [2.05, 4.69) is 36.9 Å². The Bertz CT molecular complexity index is 241. The first-order valence-electron chi connectivity index (χ1n) is 4.05. The summed E-state index contributed by atoms with van der Waals surface area (Å²) in [4.78, 5) is 0. The summed E-state index contributed by atoms with van der Waals surface area (Å²) in [6.45, 7) is 0. The van der Waals surface area contributed by atoms with E-state index in [0.29, 0.717) is 0 Å². The first kappa shape index (κ1) is 9.75. The molecule has 0 amide bonds. The van der Waals surface area contributed by atoms with Crippen molar-refractivity contribution in [1.29, 1.82) is 0 Å². The first-order chi connectivity index (χ1) is 5.79. The number of hydrogen-bond donors (Lipinski definition) is 1. The van der Waals surface area contributed by atoms with Crippen LogP contribution in [0.25, 0.3) is 0 Å². The molecule has 0 aliphatic heterocycles. The average Bonchev–Trinajstić information content (AvgIpc) is 2.05. The van der Waals surface area contributed by atoms with Gasteiger partial charge in [-0.3, -0.25) is 0 Å². The molecule has 0 saturated heterocycles. The van der Waals surface area contributed by atoms with Crippen LogP contribution in [-0.2, 0) is 6.42 Å². The van der Waals surface area contributed by atoms with Crippen molar-refractivity contribution in [3.63, 3.8) is 0 Å². The van der Waals surface area contributed by atoms with Crippen molar-refractivity contribution >= 4 is 29.0 Å². The zero-order valence-corrected chi connectivity index (χ0v) is 8.57. The van der Waals surface area contributed by atoms with E-state index in [0.717, 1.165) is 23.5 Å². The molecule has 0 radical (unpaired) electrons. The number of hydrogen-bond acceptors (Lipinski definition) is 1. The lowest BCUT2D eigenvalue weighted by molar-refractivity contribution is 0.877. The van der Waals surface area contributed by atoms with Gasteiger partial charge in [-0.15, -0.1) is 12.6 Å². The molecule has 0 bridgehead atoms. The van der Waals surface area contributed by atoms with Crippen LogP contribution in [0.5, 0.6) is 0 Å². The molecule has 0 aliphatic carbocycles. The summed E-state index contributed by atoms with van der Waals surface area (Å²) in [6.07, 6.45) is 3.14. The Morgan fingerprint density at radius 1 is 1.25 bits per heavy atom. The minimum absolute atomic E-state index is 0.811. The minimum atomic E-state index is 0.811. The van der Waals surface area contributed by atoms with Gasteiger partial charge in [-0.05, 0) is 24.8 Å². The van der Waals surface area contributed by atoms with Gasteiger partial charge in [0.2, 0.25) is 0 Å². The lowest BCUT2D eigenvalue weighted by Gasteiger charge is -1.98. The van der Waals surface area contributed by atoms with Crippen LogP contribution in [0.3, 0.4) is 0 Å². The Hall–Kier alpha value is -0.340. The zero-order chi connectivity index (χ0) is 8.81. The number of thiocarbonyl (C=S) groups is 1. The summed E-state index contributed by atoms with van der Waals surface area (Å²) in [5.41, 5.74) is 1.38. The Kier molecular flexibility index (Phi) is 4.33. The van der Waals surface area contributed by atoms with Gasteiger partial charge >= 0.3 is 0 Å². The normalized spacial score (nSPS) is 9.75. The predicted octanol–water partition coefficient (Wildman–Crippen LogP) is 3.27. The molecule has 12 heavy (non-hydrogen) atoms. The van der Waals surface area contributed by atoms with Crippen LogP contribution >= 0.6 is 24.8 Å². The Morgan fingerprint density at radius 2 is 1.92 bits per heavy atom. The summed E-state index contributed by atoms with van der Waals surface area (Å²) in [6, 6.07) is 10.4. The van der Waals surface area contributed by atoms with Crippen LogP contribution in [0, 0.1) is 0 Å². The maximum absolute atomic E-state index is 4.88. The van der Waals surface area contributed by atoms with Gasteiger partial charge in [-0.25, -0.2) is 0 Å². The number of aryl methyl sites for hydroxylation is 1. The van der Waals surface area contributed by atoms with Crippen LogP contribution in [0.15, 0.2) is 30.3 Å². The van der Waals surface area contributed by atoms with Gasteiger partial charge in [0.15, 0.2) is 0 Å². The number of thiol groups is 1. The molecule has 0 nitrogen and oxygen atoms in total. The third-order valence-electron chi connectivity index (χ3n) is 1.70. The summed E-state index contributed by atoms with van der Waals surface area (Å²) >= 11 is 8.95. The summed E-state index contributed by atoms with van der Waals surface area (Å²) in [7, 11) is 0.